The minimum Gasteiger partial charge on any atom is -0.465 e. The Kier molecular flexibility index (Phi) is 32.3. The van der Waals surface area contributed by atoms with Crippen molar-refractivity contribution in [3.8, 4) is 0 Å². The third-order valence-corrected chi connectivity index (χ3v) is 24.3. The normalized spacial score (nSPS) is 25.8. The van der Waals surface area contributed by atoms with Gasteiger partial charge >= 0.3 is 17.9 Å². The molecular formula is C86H118N12O18. The van der Waals surface area contributed by atoms with Crippen molar-refractivity contribution in [2.24, 2.45) is 5.92 Å². The molecule has 30 heteroatoms. The number of rotatable bonds is 27. The molecule has 3 aromatic carbocycles. The highest BCUT2D eigenvalue weighted by Gasteiger charge is 2.48. The van der Waals surface area contributed by atoms with Crippen LogP contribution in [0, 0.1) is 5.92 Å². The van der Waals surface area contributed by atoms with E-state index in [9.17, 15) is 71.9 Å². The van der Waals surface area contributed by atoms with Crippen molar-refractivity contribution in [1.82, 2.24) is 57.2 Å². The van der Waals surface area contributed by atoms with Gasteiger partial charge in [-0.25, -0.2) is 0 Å². The predicted molar refractivity (Wildman–Crippen MR) is 427 cm³/mol. The second-order valence-corrected chi connectivity index (χ2v) is 32.4. The average molecular weight is 1610 g/mol. The molecule has 8 fully saturated rings. The quantitative estimate of drug-likeness (QED) is 0.0195. The molecular weight excluding hydrogens is 1490 g/mol. The van der Waals surface area contributed by atoms with Crippen molar-refractivity contribution >= 4 is 94.1 Å². The molecule has 0 aromatic heterocycles. The molecule has 0 saturated carbocycles. The van der Waals surface area contributed by atoms with Gasteiger partial charge in [-0.15, -0.1) is 0 Å². The third kappa shape index (κ3) is 23.3. The number of esters is 3. The maximum Gasteiger partial charge on any atom is 0.313 e. The lowest BCUT2D eigenvalue weighted by atomic mass is 9.86. The van der Waals surface area contributed by atoms with Gasteiger partial charge in [-0.2, -0.15) is 0 Å². The summed E-state index contributed by atoms with van der Waals surface area (Å²) in [7, 11) is 5.10. The van der Waals surface area contributed by atoms with E-state index in [-0.39, 0.29) is 139 Å². The molecule has 12 rings (SSSR count). The first-order valence-electron chi connectivity index (χ1n) is 41.9. The van der Waals surface area contributed by atoms with E-state index in [0.717, 1.165) is 124 Å². The molecule has 3 aromatic rings. The van der Waals surface area contributed by atoms with Crippen molar-refractivity contribution in [3.63, 3.8) is 0 Å². The molecule has 0 radical (unpaired) electrons. The van der Waals surface area contributed by atoms with E-state index in [2.05, 4.69) is 47.9 Å². The number of hydrogen-bond donors (Lipinski definition) is 9. The maximum absolute atomic E-state index is 13.8. The molecule has 116 heavy (non-hydrogen) atoms. The molecule has 9 N–H and O–H groups in total. The van der Waals surface area contributed by atoms with E-state index in [4.69, 9.17) is 14.2 Å². The Morgan fingerprint density at radius 1 is 0.509 bits per heavy atom. The fourth-order valence-corrected chi connectivity index (χ4v) is 17.4. The first kappa shape index (κ1) is 88.6. The lowest BCUT2D eigenvalue weighted by molar-refractivity contribution is -0.147. The highest BCUT2D eigenvalue weighted by atomic mass is 16.6. The zero-order chi connectivity index (χ0) is 83.3. The molecule has 0 spiro atoms. The number of benzene rings is 3. The van der Waals surface area contributed by atoms with E-state index in [1.807, 2.05) is 48.5 Å². The first-order valence-corrected chi connectivity index (χ1v) is 41.9. The van der Waals surface area contributed by atoms with Gasteiger partial charge in [0.05, 0.1) is 42.7 Å². The van der Waals surface area contributed by atoms with Crippen LogP contribution in [0.3, 0.4) is 0 Å². The molecule has 30 nitrogen and oxygen atoms in total. The van der Waals surface area contributed by atoms with Crippen LogP contribution >= 0.6 is 0 Å². The van der Waals surface area contributed by atoms with E-state index in [0.29, 0.717) is 82.1 Å². The van der Waals surface area contributed by atoms with E-state index in [1.165, 1.54) is 6.92 Å². The molecule has 8 heterocycles. The van der Waals surface area contributed by atoms with Gasteiger partial charge in [0.1, 0.15) is 49.0 Å². The van der Waals surface area contributed by atoms with Crippen LogP contribution in [0.15, 0.2) is 66.7 Å². The van der Waals surface area contributed by atoms with Gasteiger partial charge in [-0.05, 0) is 198 Å². The molecule has 15 atom stereocenters. The van der Waals surface area contributed by atoms with Crippen LogP contribution in [0.1, 0.15) is 239 Å². The zero-order valence-electron chi connectivity index (χ0n) is 68.1. The number of amides is 9. The van der Waals surface area contributed by atoms with Gasteiger partial charge in [0.2, 0.25) is 47.3 Å². The van der Waals surface area contributed by atoms with Gasteiger partial charge in [-0.3, -0.25) is 71.9 Å². The summed E-state index contributed by atoms with van der Waals surface area (Å²) in [4.78, 5) is 195. The first-order chi connectivity index (χ1) is 55.7. The molecule has 8 aliphatic heterocycles. The highest BCUT2D eigenvalue weighted by Crippen LogP contribution is 2.39. The molecule has 1 aliphatic carbocycles. The van der Waals surface area contributed by atoms with Crippen molar-refractivity contribution < 1.29 is 86.1 Å². The smallest absolute Gasteiger partial charge is 0.313 e. The number of ketones is 3. The summed E-state index contributed by atoms with van der Waals surface area (Å²) >= 11 is 0. The van der Waals surface area contributed by atoms with Crippen molar-refractivity contribution in [2.45, 2.75) is 305 Å². The molecule has 0 bridgehead atoms. The number of anilines is 1. The lowest BCUT2D eigenvalue weighted by Crippen LogP contribution is -2.58. The summed E-state index contributed by atoms with van der Waals surface area (Å²) in [6.07, 6.45) is 17.2. The van der Waals surface area contributed by atoms with Crippen LogP contribution in [0.2, 0.25) is 0 Å². The van der Waals surface area contributed by atoms with Crippen LogP contribution in [0.5, 0.6) is 0 Å². The third-order valence-electron chi connectivity index (χ3n) is 24.3. The molecule has 8 saturated heterocycles. The number of aryl methyl sites for hydroxylation is 1. The Hall–Kier alpha value is -9.81. The van der Waals surface area contributed by atoms with Crippen molar-refractivity contribution in [2.75, 3.05) is 33.1 Å². The Bertz CT molecular complexity index is 4100. The summed E-state index contributed by atoms with van der Waals surface area (Å²) in [5.74, 6) is -3.94. The van der Waals surface area contributed by atoms with Crippen LogP contribution in [0.4, 0.5) is 5.69 Å². The Morgan fingerprint density at radius 3 is 1.55 bits per heavy atom. The Labute approximate surface area is 678 Å². The Morgan fingerprint density at radius 2 is 1.02 bits per heavy atom. The van der Waals surface area contributed by atoms with Gasteiger partial charge in [-0.1, -0.05) is 93.1 Å². The molecule has 9 amide bonds. The van der Waals surface area contributed by atoms with Gasteiger partial charge in [0, 0.05) is 61.6 Å². The van der Waals surface area contributed by atoms with E-state index >= 15 is 0 Å². The highest BCUT2D eigenvalue weighted by molar-refractivity contribution is 6.00. The fourth-order valence-electron chi connectivity index (χ4n) is 17.4. The standard InChI is InChI=1S/C30H41N5O6.C28H38N4O6.C28H39N3O6/c1-17(31-2)27(37)34-23-10-4-3-7-18-13-14-24(35(18)30(23)40)28(38)32-21-11-5-9-20-19(21)8-6-12-22(20)33-29(39)25-15-16-26(36)41-25;1-17(29-2)25(34)31-22-9-4-3-8-21-10-11-23(32(21)27(22)36)26(35)30-16-18-6-5-7-19(14-18)24(33)15-20-12-13-38-28(20)37;1-18(32)15-26(34)37-17-21-8-6-7-20(16-21)11-14-25(33)24-13-12-22-9-4-5-10-23(28(36)31(22)24)30-27(35)19(2)29-3/h6,8,12,17-18,21,23-25,31H,3-5,7,9-11,13-16H2,1-2H3,(H,32,38)(H,33,39)(H,34,37);5-7,14,17,20-23,29H,3-4,8-13,15-16H2,1-2H3,(H,30,35)(H,31,34);6-8,16,19,22-24,29H,4-5,9-15,17H2,1-3H3,(H,30,35)/t17-,18-,21+,23-,24-,25?;17-,20-,21-,22-,23-;19-,22-,23-,24-/m000/s1. The number of fused-ring (bicyclic) bond motifs is 4. The van der Waals surface area contributed by atoms with E-state index < -0.39 is 72.4 Å². The minimum absolute atomic E-state index is 0.00943. The van der Waals surface area contributed by atoms with Crippen LogP contribution in [-0.4, -0.2) is 209 Å². The SMILES string of the molecule is CN[C@@H](C)C(=O)N[C@H]1CCCC[C@H]2CC[C@@H](C(=O)CCc3cccc(COC(=O)CC(C)=O)c3)N2C1=O.CN[C@@H](C)C(=O)N[C@H]1CCCC[C@H]2CC[C@@H](C(=O)NCc3cccc(C(=O)C[C@@H]4CCOC4=O)c3)N2C1=O.CN[C@@H](C)C(=O)N[C@H]1CCCC[C@H]2CC[C@@H](C(=O)N[C@@H]3CCCc4c(NC(=O)C5CCC(=O)O5)cccc43)N2C1=O. The second-order valence-electron chi connectivity index (χ2n) is 32.4. The lowest BCUT2D eigenvalue weighted by Gasteiger charge is -2.36. The van der Waals surface area contributed by atoms with Crippen LogP contribution in [-0.2, 0) is 107 Å². The molecule has 630 valence electrons. The number of likely N-dealkylation sites (N-methyl/N-ethyl adjacent to an activating group) is 3. The summed E-state index contributed by atoms with van der Waals surface area (Å²) in [5.41, 5.74) is 5.57. The number of nitrogens with one attached hydrogen (secondary N) is 9. The second kappa shape index (κ2) is 42.4. The summed E-state index contributed by atoms with van der Waals surface area (Å²) < 4.78 is 15.2. The zero-order valence-corrected chi connectivity index (χ0v) is 68.1. The monoisotopic (exact) mass is 1610 g/mol. The topological polar surface area (TPSA) is 402 Å². The van der Waals surface area contributed by atoms with Crippen LogP contribution < -0.4 is 47.9 Å². The summed E-state index contributed by atoms with van der Waals surface area (Å²) in [6, 6.07) is 15.2. The number of carbonyl (C=O) groups is 15. The number of carbonyl (C=O) groups excluding carboxylic acids is 15. The summed E-state index contributed by atoms with van der Waals surface area (Å²) in [6.45, 7) is 7.22. The van der Waals surface area contributed by atoms with Crippen molar-refractivity contribution in [1.29, 1.82) is 0 Å². The average Bonchev–Trinajstić information content (AvgIpc) is 1.62. The molecule has 1 unspecified atom stereocenters. The van der Waals surface area contributed by atoms with Crippen molar-refractivity contribution in [3.05, 3.63) is 100 Å². The largest absolute Gasteiger partial charge is 0.465 e. The van der Waals surface area contributed by atoms with E-state index in [1.54, 1.807) is 74.8 Å². The molecule has 9 aliphatic rings. The number of cyclic esters (lactones) is 2. The van der Waals surface area contributed by atoms with Gasteiger partial charge < -0.3 is 76.8 Å². The summed E-state index contributed by atoms with van der Waals surface area (Å²) in [5, 5.41) is 26.5. The maximum atomic E-state index is 13.8. The number of Topliss-reactive ketones (excluding diaryl/α,β-unsaturated/α-hetero) is 3. The van der Waals surface area contributed by atoms with Gasteiger partial charge in [0.25, 0.3) is 5.91 Å². The Balaban J connectivity index is 0.000000184. The number of ether oxygens (including phenoxy) is 3. The number of nitrogens with zero attached hydrogens (tertiary/aromatic N) is 3. The van der Waals surface area contributed by atoms with Gasteiger partial charge in [0.15, 0.2) is 17.7 Å². The fraction of sp³-hybridized carbons (Fsp3) is 0.616. The predicted octanol–water partition coefficient (Wildman–Crippen LogP) is 5.55. The van der Waals surface area contributed by atoms with Crippen LogP contribution in [0.25, 0.3) is 0 Å². The minimum atomic E-state index is -0.779. The number of hydrogen-bond acceptors (Lipinski definition) is 21.